The summed E-state index contributed by atoms with van der Waals surface area (Å²) in [5.74, 6) is 0. The minimum absolute atomic E-state index is 0.103. The molecule has 1 fully saturated rings. The Morgan fingerprint density at radius 1 is 1.41 bits per heavy atom. The van der Waals surface area contributed by atoms with Gasteiger partial charge in [-0.25, -0.2) is 0 Å². The van der Waals surface area contributed by atoms with Crippen LogP contribution < -0.4 is 5.73 Å². The molecule has 1 aliphatic heterocycles. The van der Waals surface area contributed by atoms with E-state index in [2.05, 4.69) is 54.9 Å². The maximum Gasteiger partial charge on any atom is 0.0586 e. The summed E-state index contributed by atoms with van der Waals surface area (Å²) in [4.78, 5) is 0. The molecule has 0 saturated carbocycles. The van der Waals surface area contributed by atoms with Gasteiger partial charge in [-0.3, -0.25) is 0 Å². The van der Waals surface area contributed by atoms with Crippen molar-refractivity contribution in [1.82, 2.24) is 0 Å². The second-order valence-electron chi connectivity index (χ2n) is 5.90. The highest BCUT2D eigenvalue weighted by Crippen LogP contribution is 2.41. The predicted molar refractivity (Wildman–Crippen MR) is 74.3 cm³/mol. The first-order valence-electron chi connectivity index (χ1n) is 5.96. The van der Waals surface area contributed by atoms with Gasteiger partial charge in [-0.15, -0.1) is 0 Å². The summed E-state index contributed by atoms with van der Waals surface area (Å²) in [7, 11) is 0. The van der Waals surface area contributed by atoms with Gasteiger partial charge in [-0.1, -0.05) is 22.0 Å². The highest BCUT2D eigenvalue weighted by Gasteiger charge is 2.44. The molecule has 2 nitrogen and oxygen atoms in total. The highest BCUT2D eigenvalue weighted by molar-refractivity contribution is 9.10. The topological polar surface area (TPSA) is 35.2 Å². The van der Waals surface area contributed by atoms with Crippen molar-refractivity contribution in [3.05, 3.63) is 33.8 Å². The Balaban J connectivity index is 2.38. The van der Waals surface area contributed by atoms with Gasteiger partial charge in [-0.05, 0) is 50.5 Å². The molecule has 2 rings (SSSR count). The summed E-state index contributed by atoms with van der Waals surface area (Å²) < 4.78 is 6.59. The van der Waals surface area contributed by atoms with Gasteiger partial charge >= 0.3 is 0 Å². The molecule has 1 saturated heterocycles. The summed E-state index contributed by atoms with van der Waals surface area (Å²) in [5.41, 5.74) is 8.82. The minimum atomic E-state index is -0.168. The van der Waals surface area contributed by atoms with Crippen molar-refractivity contribution < 1.29 is 4.74 Å². The van der Waals surface area contributed by atoms with Crippen LogP contribution in [0.1, 0.15) is 31.4 Å². The van der Waals surface area contributed by atoms with Gasteiger partial charge in [0, 0.05) is 15.4 Å². The fourth-order valence-corrected chi connectivity index (χ4v) is 3.10. The molecule has 0 radical (unpaired) electrons. The number of nitrogens with two attached hydrogens (primary N) is 1. The first kappa shape index (κ1) is 13.1. The lowest BCUT2D eigenvalue weighted by molar-refractivity contribution is -0.0722. The second kappa shape index (κ2) is 4.38. The summed E-state index contributed by atoms with van der Waals surface area (Å²) >= 11 is 3.55. The summed E-state index contributed by atoms with van der Waals surface area (Å²) in [6, 6.07) is 6.45. The van der Waals surface area contributed by atoms with Crippen LogP contribution in [-0.2, 0) is 10.2 Å². The van der Waals surface area contributed by atoms with Crippen LogP contribution in [0.3, 0.4) is 0 Å². The predicted octanol–water partition coefficient (Wildman–Crippen LogP) is 3.15. The molecule has 0 bridgehead atoms. The molecule has 0 atom stereocenters. The van der Waals surface area contributed by atoms with E-state index in [0.29, 0.717) is 0 Å². The highest BCUT2D eigenvalue weighted by atomic mass is 79.9. The Bertz CT molecular complexity index is 419. The Labute approximate surface area is 112 Å². The number of aryl methyl sites for hydroxylation is 1. The van der Waals surface area contributed by atoms with Gasteiger partial charge in [0.15, 0.2) is 0 Å². The molecule has 1 aliphatic rings. The van der Waals surface area contributed by atoms with E-state index in [-0.39, 0.29) is 11.0 Å². The fourth-order valence-electron chi connectivity index (χ4n) is 2.74. The van der Waals surface area contributed by atoms with E-state index in [1.807, 2.05) is 0 Å². The molecule has 1 aromatic rings. The quantitative estimate of drug-likeness (QED) is 0.930. The normalized spacial score (nSPS) is 18.9. The molecule has 0 amide bonds. The summed E-state index contributed by atoms with van der Waals surface area (Å²) in [6.07, 6.45) is 0.956. The van der Waals surface area contributed by atoms with Crippen molar-refractivity contribution in [1.29, 1.82) is 0 Å². The lowest BCUT2D eigenvalue weighted by atomic mass is 9.69. The number of ether oxygens (including phenoxy) is 1. The van der Waals surface area contributed by atoms with Crippen LogP contribution in [0.5, 0.6) is 0 Å². The van der Waals surface area contributed by atoms with Gasteiger partial charge in [0.05, 0.1) is 13.2 Å². The van der Waals surface area contributed by atoms with Crippen molar-refractivity contribution in [3.63, 3.8) is 0 Å². The molecule has 0 aliphatic carbocycles. The molecule has 0 unspecified atom stereocenters. The third kappa shape index (κ3) is 2.72. The van der Waals surface area contributed by atoms with Crippen LogP contribution in [0, 0.1) is 6.92 Å². The SMILES string of the molecule is Cc1ccc(Br)cc1C1(CC(C)(C)N)COC1. The first-order valence-corrected chi connectivity index (χ1v) is 6.75. The zero-order chi connectivity index (χ0) is 12.7. The van der Waals surface area contributed by atoms with Gasteiger partial charge in [0.25, 0.3) is 0 Å². The maximum absolute atomic E-state index is 6.19. The van der Waals surface area contributed by atoms with E-state index >= 15 is 0 Å². The van der Waals surface area contributed by atoms with E-state index in [1.54, 1.807) is 0 Å². The third-order valence-corrected chi connectivity index (χ3v) is 3.81. The molecule has 1 aromatic carbocycles. The van der Waals surface area contributed by atoms with Crippen LogP contribution in [0.15, 0.2) is 22.7 Å². The van der Waals surface area contributed by atoms with Crippen LogP contribution in [-0.4, -0.2) is 18.8 Å². The van der Waals surface area contributed by atoms with Gasteiger partial charge in [-0.2, -0.15) is 0 Å². The van der Waals surface area contributed by atoms with E-state index in [0.717, 1.165) is 24.1 Å². The van der Waals surface area contributed by atoms with E-state index in [9.17, 15) is 0 Å². The van der Waals surface area contributed by atoms with Crippen molar-refractivity contribution >= 4 is 15.9 Å². The van der Waals surface area contributed by atoms with Crippen molar-refractivity contribution in [2.45, 2.75) is 38.1 Å². The monoisotopic (exact) mass is 297 g/mol. The standard InChI is InChI=1S/C14H20BrNO/c1-10-4-5-11(15)6-12(10)14(8-17-9-14)7-13(2,3)16/h4-6H,7-9,16H2,1-3H3. The fraction of sp³-hybridized carbons (Fsp3) is 0.571. The Kier molecular flexibility index (Phi) is 3.36. The van der Waals surface area contributed by atoms with Crippen LogP contribution in [0.25, 0.3) is 0 Å². The number of halogens is 1. The first-order chi connectivity index (χ1) is 7.82. The van der Waals surface area contributed by atoms with Crippen molar-refractivity contribution in [2.24, 2.45) is 5.73 Å². The molecule has 17 heavy (non-hydrogen) atoms. The van der Waals surface area contributed by atoms with Gasteiger partial charge < -0.3 is 10.5 Å². The zero-order valence-corrected chi connectivity index (χ0v) is 12.3. The molecular weight excluding hydrogens is 278 g/mol. The van der Waals surface area contributed by atoms with Crippen molar-refractivity contribution in [3.8, 4) is 0 Å². The molecule has 3 heteroatoms. The molecule has 94 valence electrons. The maximum atomic E-state index is 6.19. The number of hydrogen-bond acceptors (Lipinski definition) is 2. The number of hydrogen-bond donors (Lipinski definition) is 1. The Morgan fingerprint density at radius 3 is 2.53 bits per heavy atom. The molecule has 1 heterocycles. The Morgan fingerprint density at radius 2 is 2.06 bits per heavy atom. The molecule has 0 spiro atoms. The molecular formula is C14H20BrNO. The molecule has 0 aromatic heterocycles. The third-order valence-electron chi connectivity index (χ3n) is 3.32. The van der Waals surface area contributed by atoms with Crippen molar-refractivity contribution in [2.75, 3.05) is 13.2 Å². The lowest BCUT2D eigenvalue weighted by Gasteiger charge is -2.46. The summed E-state index contributed by atoms with van der Waals surface area (Å²) in [5, 5.41) is 0. The van der Waals surface area contributed by atoms with E-state index in [4.69, 9.17) is 10.5 Å². The lowest BCUT2D eigenvalue weighted by Crippen LogP contribution is -2.53. The largest absolute Gasteiger partial charge is 0.379 e. The Hall–Kier alpha value is -0.380. The minimum Gasteiger partial charge on any atom is -0.379 e. The average molecular weight is 298 g/mol. The van der Waals surface area contributed by atoms with Crippen LogP contribution in [0.2, 0.25) is 0 Å². The van der Waals surface area contributed by atoms with Gasteiger partial charge in [0.1, 0.15) is 0 Å². The van der Waals surface area contributed by atoms with Crippen LogP contribution in [0.4, 0.5) is 0 Å². The average Bonchev–Trinajstić information content (AvgIpc) is 2.14. The van der Waals surface area contributed by atoms with Crippen LogP contribution >= 0.6 is 15.9 Å². The smallest absolute Gasteiger partial charge is 0.0586 e. The van der Waals surface area contributed by atoms with E-state index in [1.165, 1.54) is 11.1 Å². The summed E-state index contributed by atoms with van der Waals surface area (Å²) in [6.45, 7) is 7.89. The van der Waals surface area contributed by atoms with E-state index < -0.39 is 0 Å². The van der Waals surface area contributed by atoms with Gasteiger partial charge in [0.2, 0.25) is 0 Å². The number of rotatable bonds is 3. The second-order valence-corrected chi connectivity index (χ2v) is 6.81. The zero-order valence-electron chi connectivity index (χ0n) is 10.7. The molecule has 2 N–H and O–H groups in total. The number of benzene rings is 1.